The largest absolute Gasteiger partial charge is 0.384 e. The first-order valence-electron chi connectivity index (χ1n) is 3.53. The lowest BCUT2D eigenvalue weighted by atomic mass is 10.3. The van der Waals surface area contributed by atoms with Gasteiger partial charge in [-0.05, 0) is 0 Å². The quantitative estimate of drug-likeness (QED) is 0.664. The van der Waals surface area contributed by atoms with Gasteiger partial charge >= 0.3 is 0 Å². The van der Waals surface area contributed by atoms with Gasteiger partial charge in [-0.25, -0.2) is 0 Å². The lowest BCUT2D eigenvalue weighted by Crippen LogP contribution is -2.07. The van der Waals surface area contributed by atoms with Crippen LogP contribution in [0.15, 0.2) is 6.20 Å². The first-order chi connectivity index (χ1) is 5.70. The van der Waals surface area contributed by atoms with Crippen molar-refractivity contribution in [1.29, 1.82) is 0 Å². The minimum absolute atomic E-state index is 0.432. The van der Waals surface area contributed by atoms with Gasteiger partial charge in [0.05, 0.1) is 11.8 Å². The summed E-state index contributed by atoms with van der Waals surface area (Å²) in [5, 5.41) is 3.96. The van der Waals surface area contributed by atoms with E-state index in [1.54, 1.807) is 32.1 Å². The molecule has 0 aliphatic heterocycles. The predicted molar refractivity (Wildman–Crippen MR) is 44.4 cm³/mol. The molecule has 1 aromatic rings. The maximum Gasteiger partial charge on any atom is 0.188 e. The predicted octanol–water partition coefficient (Wildman–Crippen LogP) is 0.294. The van der Waals surface area contributed by atoms with Crippen LogP contribution in [-0.4, -0.2) is 24.0 Å². The van der Waals surface area contributed by atoms with Gasteiger partial charge in [-0.1, -0.05) is 0 Å². The summed E-state index contributed by atoms with van der Waals surface area (Å²) >= 11 is 0. The van der Waals surface area contributed by atoms with Crippen LogP contribution in [0.2, 0.25) is 0 Å². The number of hydrogen-bond donors (Lipinski definition) is 1. The molecule has 0 aliphatic rings. The van der Waals surface area contributed by atoms with E-state index in [0.29, 0.717) is 5.82 Å². The smallest absolute Gasteiger partial charge is 0.188 e. The van der Waals surface area contributed by atoms with Crippen molar-refractivity contribution >= 4 is 5.82 Å². The number of nitrogen functional groups attached to an aromatic ring is 1. The summed E-state index contributed by atoms with van der Waals surface area (Å²) in [6.45, 7) is 0. The molecule has 1 rings (SSSR count). The van der Waals surface area contributed by atoms with Crippen molar-refractivity contribution < 1.29 is 9.47 Å². The molecule has 0 spiro atoms. The molecule has 5 nitrogen and oxygen atoms in total. The lowest BCUT2D eigenvalue weighted by Gasteiger charge is -2.11. The van der Waals surface area contributed by atoms with E-state index in [-0.39, 0.29) is 0 Å². The van der Waals surface area contributed by atoms with Gasteiger partial charge in [0.15, 0.2) is 6.29 Å². The van der Waals surface area contributed by atoms with Crippen molar-refractivity contribution in [3.63, 3.8) is 0 Å². The van der Waals surface area contributed by atoms with E-state index in [1.165, 1.54) is 0 Å². The third kappa shape index (κ3) is 1.41. The molecule has 0 saturated carbocycles. The number of hydrogen-bond acceptors (Lipinski definition) is 4. The van der Waals surface area contributed by atoms with Gasteiger partial charge in [-0.15, -0.1) is 0 Å². The van der Waals surface area contributed by atoms with Crippen LogP contribution in [0.4, 0.5) is 5.82 Å². The molecule has 5 heteroatoms. The molecular weight excluding hydrogens is 158 g/mol. The third-order valence-electron chi connectivity index (χ3n) is 1.70. The molecule has 1 heterocycles. The monoisotopic (exact) mass is 171 g/mol. The number of ether oxygens (including phenoxy) is 2. The summed E-state index contributed by atoms with van der Waals surface area (Å²) in [5.74, 6) is 0.559. The van der Waals surface area contributed by atoms with Crippen molar-refractivity contribution in [2.45, 2.75) is 6.29 Å². The second-order valence-corrected chi connectivity index (χ2v) is 2.41. The highest BCUT2D eigenvalue weighted by molar-refractivity contribution is 5.39. The first kappa shape index (κ1) is 9.02. The average Bonchev–Trinajstić information content (AvgIpc) is 2.38. The molecule has 1 aromatic heterocycles. The molecule has 0 atom stereocenters. The summed E-state index contributed by atoms with van der Waals surface area (Å²) in [4.78, 5) is 0. The van der Waals surface area contributed by atoms with Crippen molar-refractivity contribution in [2.24, 2.45) is 7.05 Å². The fourth-order valence-corrected chi connectivity index (χ4v) is 0.996. The molecule has 0 aliphatic carbocycles. The summed E-state index contributed by atoms with van der Waals surface area (Å²) in [5.41, 5.74) is 6.45. The van der Waals surface area contributed by atoms with E-state index in [0.717, 1.165) is 5.56 Å². The zero-order chi connectivity index (χ0) is 9.14. The van der Waals surface area contributed by atoms with E-state index in [4.69, 9.17) is 15.2 Å². The number of methoxy groups -OCH3 is 2. The molecule has 12 heavy (non-hydrogen) atoms. The van der Waals surface area contributed by atoms with E-state index < -0.39 is 6.29 Å². The van der Waals surface area contributed by atoms with Crippen LogP contribution in [0.5, 0.6) is 0 Å². The maximum atomic E-state index is 5.70. The van der Waals surface area contributed by atoms with E-state index in [9.17, 15) is 0 Å². The van der Waals surface area contributed by atoms with Gasteiger partial charge in [0.25, 0.3) is 0 Å². The fraction of sp³-hybridized carbons (Fsp3) is 0.571. The molecule has 0 bridgehead atoms. The number of rotatable bonds is 3. The molecule has 0 amide bonds. The van der Waals surface area contributed by atoms with Crippen LogP contribution in [0.25, 0.3) is 0 Å². The zero-order valence-corrected chi connectivity index (χ0v) is 7.44. The van der Waals surface area contributed by atoms with Crippen LogP contribution in [0.3, 0.4) is 0 Å². The van der Waals surface area contributed by atoms with Crippen LogP contribution in [-0.2, 0) is 16.5 Å². The molecule has 0 saturated heterocycles. The normalized spacial score (nSPS) is 11.0. The molecule has 0 aromatic carbocycles. The van der Waals surface area contributed by atoms with Crippen LogP contribution < -0.4 is 5.73 Å². The van der Waals surface area contributed by atoms with Crippen molar-refractivity contribution in [2.75, 3.05) is 20.0 Å². The van der Waals surface area contributed by atoms with Gasteiger partial charge in [0.1, 0.15) is 5.82 Å². The summed E-state index contributed by atoms with van der Waals surface area (Å²) in [6, 6.07) is 0. The first-order valence-corrected chi connectivity index (χ1v) is 3.53. The highest BCUT2D eigenvalue weighted by Gasteiger charge is 2.15. The Labute approximate surface area is 71.1 Å². The van der Waals surface area contributed by atoms with Gasteiger partial charge in [0, 0.05) is 21.3 Å². The zero-order valence-electron chi connectivity index (χ0n) is 7.44. The minimum atomic E-state index is -0.432. The van der Waals surface area contributed by atoms with Gasteiger partial charge < -0.3 is 15.2 Å². The van der Waals surface area contributed by atoms with Crippen LogP contribution >= 0.6 is 0 Å². The molecule has 0 radical (unpaired) electrons. The molecule has 0 fully saturated rings. The Kier molecular flexibility index (Phi) is 2.67. The van der Waals surface area contributed by atoms with Crippen LogP contribution in [0.1, 0.15) is 11.9 Å². The Morgan fingerprint density at radius 3 is 2.42 bits per heavy atom. The number of aryl methyl sites for hydroxylation is 1. The standard InChI is InChI=1S/C7H13N3O2/c1-10-6(8)5(4-9-10)7(11-2)12-3/h4,7H,8H2,1-3H3. The average molecular weight is 171 g/mol. The Morgan fingerprint density at radius 1 is 1.50 bits per heavy atom. The molecule has 68 valence electrons. The minimum Gasteiger partial charge on any atom is -0.384 e. The van der Waals surface area contributed by atoms with E-state index in [1.807, 2.05) is 0 Å². The van der Waals surface area contributed by atoms with Gasteiger partial charge in [-0.3, -0.25) is 4.68 Å². The highest BCUT2D eigenvalue weighted by Crippen LogP contribution is 2.22. The number of anilines is 1. The van der Waals surface area contributed by atoms with E-state index in [2.05, 4.69) is 5.10 Å². The number of aromatic nitrogens is 2. The lowest BCUT2D eigenvalue weighted by molar-refractivity contribution is -0.105. The fourth-order valence-electron chi connectivity index (χ4n) is 0.996. The Balaban J connectivity index is 2.93. The summed E-state index contributed by atoms with van der Waals surface area (Å²) in [7, 11) is 4.88. The van der Waals surface area contributed by atoms with Gasteiger partial charge in [-0.2, -0.15) is 5.10 Å². The second-order valence-electron chi connectivity index (χ2n) is 2.41. The third-order valence-corrected chi connectivity index (χ3v) is 1.70. The molecule has 2 N–H and O–H groups in total. The van der Waals surface area contributed by atoms with E-state index >= 15 is 0 Å². The summed E-state index contributed by atoms with van der Waals surface area (Å²) in [6.07, 6.45) is 1.20. The van der Waals surface area contributed by atoms with Gasteiger partial charge in [0.2, 0.25) is 0 Å². The number of nitrogens with zero attached hydrogens (tertiary/aromatic N) is 2. The van der Waals surface area contributed by atoms with Crippen molar-refractivity contribution in [3.8, 4) is 0 Å². The van der Waals surface area contributed by atoms with Crippen molar-refractivity contribution in [3.05, 3.63) is 11.8 Å². The highest BCUT2D eigenvalue weighted by atomic mass is 16.7. The maximum absolute atomic E-state index is 5.70. The Hall–Kier alpha value is -1.07. The Bertz CT molecular complexity index is 255. The van der Waals surface area contributed by atoms with Crippen LogP contribution in [0, 0.1) is 0 Å². The number of nitrogens with two attached hydrogens (primary N) is 1. The topological polar surface area (TPSA) is 62.3 Å². The second kappa shape index (κ2) is 3.55. The Morgan fingerprint density at radius 2 is 2.08 bits per heavy atom. The molecular formula is C7H13N3O2. The SMILES string of the molecule is COC(OC)c1cnn(C)c1N. The molecule has 0 unspecified atom stereocenters. The van der Waals surface area contributed by atoms with Crippen molar-refractivity contribution in [1.82, 2.24) is 9.78 Å². The summed E-state index contributed by atoms with van der Waals surface area (Å²) < 4.78 is 11.6.